The average molecular weight is 442 g/mol. The van der Waals surface area contributed by atoms with Crippen LogP contribution in [0.1, 0.15) is 38.1 Å². The molecule has 3 aliphatic rings. The van der Waals surface area contributed by atoms with Crippen molar-refractivity contribution in [1.29, 1.82) is 0 Å². The van der Waals surface area contributed by atoms with Crippen LogP contribution in [0.2, 0.25) is 0 Å². The maximum atomic E-state index is 14.9. The number of rotatable bonds is 5. The standard InChI is InChI=1S/C20H23FN8O3/c1-13-16(11-32-18(13)30)28-9-6-20(19(28)31)4-7-27(8-5-20)10-14(21)15-2-3-17(24-23-15)29-12-22-25-26-29/h2-3,12,14H,4-11H2,1H3. The lowest BCUT2D eigenvalue weighted by atomic mass is 9.77. The monoisotopic (exact) mass is 442 g/mol. The Labute approximate surface area is 183 Å². The molecular formula is C20H23FN8O3. The van der Waals surface area contributed by atoms with Crippen LogP contribution < -0.4 is 0 Å². The van der Waals surface area contributed by atoms with Crippen LogP contribution in [0.5, 0.6) is 0 Å². The molecule has 12 heteroatoms. The maximum absolute atomic E-state index is 14.9. The fourth-order valence-corrected chi connectivity index (χ4v) is 4.67. The Morgan fingerprint density at radius 2 is 1.94 bits per heavy atom. The third kappa shape index (κ3) is 3.53. The third-order valence-corrected chi connectivity index (χ3v) is 6.73. The summed E-state index contributed by atoms with van der Waals surface area (Å²) in [6.07, 6.45) is 2.18. The van der Waals surface area contributed by atoms with Gasteiger partial charge in [0, 0.05) is 13.1 Å². The fourth-order valence-electron chi connectivity index (χ4n) is 4.67. The van der Waals surface area contributed by atoms with E-state index in [1.54, 1.807) is 24.0 Å². The van der Waals surface area contributed by atoms with E-state index in [1.807, 2.05) is 4.90 Å². The van der Waals surface area contributed by atoms with Crippen LogP contribution in [0, 0.1) is 5.41 Å². The lowest BCUT2D eigenvalue weighted by Gasteiger charge is -2.38. The van der Waals surface area contributed by atoms with Crippen LogP contribution >= 0.6 is 0 Å². The van der Waals surface area contributed by atoms with Gasteiger partial charge in [0.05, 0.1) is 22.4 Å². The van der Waals surface area contributed by atoms with Gasteiger partial charge in [-0.05, 0) is 61.8 Å². The lowest BCUT2D eigenvalue weighted by molar-refractivity contribution is -0.138. The number of hydrogen-bond donors (Lipinski definition) is 0. The second kappa shape index (κ2) is 8.01. The molecule has 11 nitrogen and oxygen atoms in total. The van der Waals surface area contributed by atoms with Gasteiger partial charge in [-0.3, -0.25) is 9.69 Å². The Morgan fingerprint density at radius 3 is 2.56 bits per heavy atom. The summed E-state index contributed by atoms with van der Waals surface area (Å²) in [6.45, 7) is 3.91. The van der Waals surface area contributed by atoms with Crippen molar-refractivity contribution in [2.24, 2.45) is 5.41 Å². The summed E-state index contributed by atoms with van der Waals surface area (Å²) in [6, 6.07) is 3.20. The van der Waals surface area contributed by atoms with Crippen molar-refractivity contribution in [3.8, 4) is 5.82 Å². The average Bonchev–Trinajstić information content (AvgIpc) is 3.53. The van der Waals surface area contributed by atoms with E-state index in [9.17, 15) is 14.0 Å². The molecule has 2 aromatic rings. The van der Waals surface area contributed by atoms with Gasteiger partial charge in [0.25, 0.3) is 0 Å². The number of tetrazole rings is 1. The highest BCUT2D eigenvalue weighted by molar-refractivity contribution is 5.94. The molecule has 0 saturated carbocycles. The SMILES string of the molecule is CC1=C(N2CCC3(CCN(CC(F)c4ccc(-n5cnnn5)nn4)CC3)C2=O)COC1=O. The highest BCUT2D eigenvalue weighted by Gasteiger charge is 2.50. The lowest BCUT2D eigenvalue weighted by Crippen LogP contribution is -2.45. The molecule has 0 radical (unpaired) electrons. The van der Waals surface area contributed by atoms with Crippen LogP contribution in [0.3, 0.4) is 0 Å². The quantitative estimate of drug-likeness (QED) is 0.613. The first-order chi connectivity index (χ1) is 15.5. The largest absolute Gasteiger partial charge is 0.456 e. The van der Waals surface area contributed by atoms with E-state index < -0.39 is 11.6 Å². The summed E-state index contributed by atoms with van der Waals surface area (Å²) in [7, 11) is 0. The number of carbonyl (C=O) groups excluding carboxylic acids is 2. The molecule has 1 amide bonds. The topological polar surface area (TPSA) is 119 Å². The number of alkyl halides is 1. The third-order valence-electron chi connectivity index (χ3n) is 6.73. The van der Waals surface area contributed by atoms with Crippen molar-refractivity contribution in [2.45, 2.75) is 32.4 Å². The number of hydrogen-bond acceptors (Lipinski definition) is 9. The highest BCUT2D eigenvalue weighted by atomic mass is 19.1. The van der Waals surface area contributed by atoms with Crippen molar-refractivity contribution < 1.29 is 18.7 Å². The summed E-state index contributed by atoms with van der Waals surface area (Å²) < 4.78 is 21.3. The molecule has 1 spiro atoms. The number of esters is 1. The molecule has 2 saturated heterocycles. The number of aromatic nitrogens is 6. The van der Waals surface area contributed by atoms with Gasteiger partial charge >= 0.3 is 5.97 Å². The molecule has 0 aromatic carbocycles. The zero-order chi connectivity index (χ0) is 22.3. The molecule has 5 rings (SSSR count). The van der Waals surface area contributed by atoms with Crippen molar-refractivity contribution in [2.75, 3.05) is 32.8 Å². The zero-order valence-corrected chi connectivity index (χ0v) is 17.6. The number of likely N-dealkylation sites (tertiary alicyclic amines) is 2. The van der Waals surface area contributed by atoms with Gasteiger partial charge in [0.1, 0.15) is 12.9 Å². The first-order valence-electron chi connectivity index (χ1n) is 10.6. The minimum atomic E-state index is -1.29. The Kier molecular flexibility index (Phi) is 5.16. The van der Waals surface area contributed by atoms with E-state index in [-0.39, 0.29) is 30.7 Å². The van der Waals surface area contributed by atoms with Crippen molar-refractivity contribution in [1.82, 2.24) is 40.2 Å². The molecule has 0 bridgehead atoms. The number of cyclic esters (lactones) is 1. The first kappa shape index (κ1) is 20.6. The number of ether oxygens (including phenoxy) is 1. The van der Waals surface area contributed by atoms with Gasteiger partial charge in [-0.15, -0.1) is 10.2 Å². The molecule has 0 N–H and O–H groups in total. The fraction of sp³-hybridized carbons (Fsp3) is 0.550. The Balaban J connectivity index is 1.18. The van der Waals surface area contributed by atoms with Crippen LogP contribution in [-0.4, -0.2) is 84.9 Å². The van der Waals surface area contributed by atoms with Crippen LogP contribution in [-0.2, 0) is 14.3 Å². The van der Waals surface area contributed by atoms with Crippen molar-refractivity contribution in [3.05, 3.63) is 35.4 Å². The van der Waals surface area contributed by atoms with Gasteiger partial charge in [-0.25, -0.2) is 9.18 Å². The predicted molar refractivity (Wildman–Crippen MR) is 107 cm³/mol. The number of carbonyl (C=O) groups is 2. The summed E-state index contributed by atoms with van der Waals surface area (Å²) in [5.74, 6) is 0.118. The van der Waals surface area contributed by atoms with Gasteiger partial charge in [0.2, 0.25) is 5.91 Å². The van der Waals surface area contributed by atoms with E-state index in [4.69, 9.17) is 4.74 Å². The smallest absolute Gasteiger partial charge is 0.336 e. The summed E-state index contributed by atoms with van der Waals surface area (Å²) >= 11 is 0. The minimum Gasteiger partial charge on any atom is -0.456 e. The molecule has 3 aliphatic heterocycles. The van der Waals surface area contributed by atoms with E-state index >= 15 is 0 Å². The maximum Gasteiger partial charge on any atom is 0.336 e. The molecule has 32 heavy (non-hydrogen) atoms. The minimum absolute atomic E-state index is 0.0608. The van der Waals surface area contributed by atoms with E-state index in [2.05, 4.69) is 25.7 Å². The summed E-state index contributed by atoms with van der Waals surface area (Å²) in [5.41, 5.74) is 1.01. The summed E-state index contributed by atoms with van der Waals surface area (Å²) in [5, 5.41) is 18.8. The normalized spacial score (nSPS) is 22.1. The number of halogens is 1. The molecule has 2 fully saturated rings. The summed E-state index contributed by atoms with van der Waals surface area (Å²) in [4.78, 5) is 28.6. The molecular weight excluding hydrogens is 419 g/mol. The van der Waals surface area contributed by atoms with E-state index in [0.717, 1.165) is 6.42 Å². The Hall–Kier alpha value is -3.28. The second-order valence-corrected chi connectivity index (χ2v) is 8.47. The first-order valence-corrected chi connectivity index (χ1v) is 10.6. The van der Waals surface area contributed by atoms with Gasteiger partial charge in [-0.1, -0.05) is 0 Å². The molecule has 1 atom stereocenters. The molecule has 2 aromatic heterocycles. The van der Waals surface area contributed by atoms with E-state index in [1.165, 1.54) is 11.0 Å². The number of amides is 1. The zero-order valence-electron chi connectivity index (χ0n) is 17.6. The molecule has 1 unspecified atom stereocenters. The van der Waals surface area contributed by atoms with Crippen molar-refractivity contribution >= 4 is 11.9 Å². The Bertz CT molecular complexity index is 1050. The number of piperidine rings is 1. The van der Waals surface area contributed by atoms with Crippen LogP contribution in [0.25, 0.3) is 5.82 Å². The van der Waals surface area contributed by atoms with E-state index in [0.29, 0.717) is 49.6 Å². The second-order valence-electron chi connectivity index (χ2n) is 8.47. The van der Waals surface area contributed by atoms with Gasteiger partial charge in [-0.2, -0.15) is 9.78 Å². The predicted octanol–water partition coefficient (Wildman–Crippen LogP) is 0.608. The Morgan fingerprint density at radius 1 is 1.16 bits per heavy atom. The molecule has 168 valence electrons. The van der Waals surface area contributed by atoms with Gasteiger partial charge < -0.3 is 9.64 Å². The van der Waals surface area contributed by atoms with Crippen molar-refractivity contribution in [3.63, 3.8) is 0 Å². The van der Waals surface area contributed by atoms with Gasteiger partial charge in [0.15, 0.2) is 12.0 Å². The van der Waals surface area contributed by atoms with Crippen LogP contribution in [0.4, 0.5) is 4.39 Å². The van der Waals surface area contributed by atoms with Crippen LogP contribution in [0.15, 0.2) is 29.7 Å². The molecule has 5 heterocycles. The highest BCUT2D eigenvalue weighted by Crippen LogP contribution is 2.44. The molecule has 0 aliphatic carbocycles. The number of nitrogens with zero attached hydrogens (tertiary/aromatic N) is 8.